The Morgan fingerprint density at radius 3 is 2.58 bits per heavy atom. The van der Waals surface area contributed by atoms with Crippen LogP contribution in [0.25, 0.3) is 11.3 Å². The van der Waals surface area contributed by atoms with Gasteiger partial charge in [-0.05, 0) is 66.8 Å². The van der Waals surface area contributed by atoms with Gasteiger partial charge in [-0.2, -0.15) is 13.2 Å². The van der Waals surface area contributed by atoms with Gasteiger partial charge < -0.3 is 4.90 Å². The smallest absolute Gasteiger partial charge is 0.357 e. The molecule has 2 aliphatic rings. The second kappa shape index (κ2) is 7.81. The summed E-state index contributed by atoms with van der Waals surface area (Å²) in [7, 11) is -5.34. The molecule has 1 saturated heterocycles. The van der Waals surface area contributed by atoms with Crippen LogP contribution in [0.15, 0.2) is 72.0 Å². The van der Waals surface area contributed by atoms with E-state index < -0.39 is 20.2 Å². The fraction of sp³-hybridized carbons (Fsp3) is 0.304. The maximum absolute atomic E-state index is 12.8. The van der Waals surface area contributed by atoms with Gasteiger partial charge in [0, 0.05) is 41.9 Å². The van der Waals surface area contributed by atoms with E-state index in [0.717, 1.165) is 36.2 Å². The van der Waals surface area contributed by atoms with Crippen molar-refractivity contribution in [2.24, 2.45) is 5.92 Å². The lowest BCUT2D eigenvalue weighted by Crippen LogP contribution is -2.29. The third kappa shape index (κ3) is 3.97. The number of sulfone groups is 1. The molecule has 1 saturated carbocycles. The van der Waals surface area contributed by atoms with Crippen LogP contribution >= 0.6 is 0 Å². The van der Waals surface area contributed by atoms with Crippen molar-refractivity contribution < 1.29 is 21.6 Å². The molecule has 2 fully saturated rings. The standard InChI is InChI=1S/C23H21F3N4O2S/c24-23(25,26)33(31,32)19-6-4-18(5-7-19)30-14-22(29-15-30)12-17(22)11-16-8-10-27-13-20(16)21-3-1-2-9-28-21/h1-10,13,17,29H,11-12,14-15H2. The zero-order valence-corrected chi connectivity index (χ0v) is 18.3. The summed E-state index contributed by atoms with van der Waals surface area (Å²) in [6, 6.07) is 12.7. The number of hydrogen-bond donors (Lipinski definition) is 1. The van der Waals surface area contributed by atoms with E-state index in [1.54, 1.807) is 12.4 Å². The van der Waals surface area contributed by atoms with E-state index in [0.29, 0.717) is 24.8 Å². The minimum absolute atomic E-state index is 0.0681. The maximum Gasteiger partial charge on any atom is 0.501 e. The largest absolute Gasteiger partial charge is 0.501 e. The number of anilines is 1. The van der Waals surface area contributed by atoms with Crippen molar-refractivity contribution in [1.29, 1.82) is 0 Å². The Morgan fingerprint density at radius 1 is 1.09 bits per heavy atom. The highest BCUT2D eigenvalue weighted by Crippen LogP contribution is 2.49. The predicted octanol–water partition coefficient (Wildman–Crippen LogP) is 3.81. The number of hydrogen-bond acceptors (Lipinski definition) is 6. The highest BCUT2D eigenvalue weighted by Gasteiger charge is 2.57. The van der Waals surface area contributed by atoms with E-state index in [1.165, 1.54) is 17.7 Å². The van der Waals surface area contributed by atoms with E-state index in [9.17, 15) is 21.6 Å². The minimum atomic E-state index is -5.34. The molecule has 0 radical (unpaired) electrons. The summed E-state index contributed by atoms with van der Waals surface area (Å²) in [5.41, 5.74) is -1.63. The number of nitrogens with one attached hydrogen (secondary N) is 1. The molecule has 10 heteroatoms. The number of nitrogens with zero attached hydrogens (tertiary/aromatic N) is 3. The number of benzene rings is 1. The molecule has 5 rings (SSSR count). The summed E-state index contributed by atoms with van der Waals surface area (Å²) in [5, 5.41) is 3.55. The third-order valence-corrected chi connectivity index (χ3v) is 7.96. The summed E-state index contributed by atoms with van der Waals surface area (Å²) in [5.74, 6) is 0.400. The van der Waals surface area contributed by atoms with E-state index in [1.807, 2.05) is 35.4 Å². The quantitative estimate of drug-likeness (QED) is 0.606. The van der Waals surface area contributed by atoms with Crippen molar-refractivity contribution in [3.8, 4) is 11.3 Å². The first-order valence-electron chi connectivity index (χ1n) is 10.5. The Bertz CT molecular complexity index is 1270. The predicted molar refractivity (Wildman–Crippen MR) is 117 cm³/mol. The van der Waals surface area contributed by atoms with Crippen LogP contribution in [-0.2, 0) is 16.3 Å². The molecule has 1 N–H and O–H groups in total. The Morgan fingerprint density at radius 2 is 1.88 bits per heavy atom. The van der Waals surface area contributed by atoms with Gasteiger partial charge in [-0.1, -0.05) is 6.07 Å². The average Bonchev–Trinajstić information content (AvgIpc) is 3.28. The molecule has 33 heavy (non-hydrogen) atoms. The molecule has 1 aromatic carbocycles. The van der Waals surface area contributed by atoms with Gasteiger partial charge >= 0.3 is 5.51 Å². The number of alkyl halides is 3. The van der Waals surface area contributed by atoms with E-state index >= 15 is 0 Å². The highest BCUT2D eigenvalue weighted by atomic mass is 32.2. The average molecular weight is 475 g/mol. The normalized spacial score (nSPS) is 22.6. The third-order valence-electron chi connectivity index (χ3n) is 6.46. The van der Waals surface area contributed by atoms with Crippen molar-refractivity contribution in [2.45, 2.75) is 28.8 Å². The zero-order valence-electron chi connectivity index (χ0n) is 17.5. The minimum Gasteiger partial charge on any atom is -0.357 e. The number of pyridine rings is 2. The van der Waals surface area contributed by atoms with Crippen LogP contribution < -0.4 is 10.2 Å². The van der Waals surface area contributed by atoms with Gasteiger partial charge in [0.25, 0.3) is 9.84 Å². The lowest BCUT2D eigenvalue weighted by molar-refractivity contribution is -0.0436. The second-order valence-electron chi connectivity index (χ2n) is 8.49. The topological polar surface area (TPSA) is 75.2 Å². The van der Waals surface area contributed by atoms with E-state index in [-0.39, 0.29) is 5.54 Å². The molecule has 1 aliphatic heterocycles. The van der Waals surface area contributed by atoms with Crippen LogP contribution in [0.2, 0.25) is 0 Å². The van der Waals surface area contributed by atoms with Gasteiger partial charge in [0.05, 0.1) is 17.3 Å². The lowest BCUT2D eigenvalue weighted by atomic mass is 10.00. The van der Waals surface area contributed by atoms with Gasteiger partial charge in [-0.15, -0.1) is 0 Å². The van der Waals surface area contributed by atoms with E-state index in [4.69, 9.17) is 0 Å². The lowest BCUT2D eigenvalue weighted by Gasteiger charge is -2.18. The molecule has 6 nitrogen and oxygen atoms in total. The molecule has 1 aliphatic carbocycles. The number of halogens is 3. The Balaban J connectivity index is 1.28. The van der Waals surface area contributed by atoms with Crippen LogP contribution in [0.3, 0.4) is 0 Å². The second-order valence-corrected chi connectivity index (χ2v) is 10.4. The van der Waals surface area contributed by atoms with Crippen molar-refractivity contribution in [1.82, 2.24) is 15.3 Å². The number of aromatic nitrogens is 2. The molecular weight excluding hydrogens is 453 g/mol. The molecule has 2 unspecified atom stereocenters. The summed E-state index contributed by atoms with van der Waals surface area (Å²) < 4.78 is 61.5. The van der Waals surface area contributed by atoms with Gasteiger partial charge in [-0.3, -0.25) is 15.3 Å². The molecule has 0 bridgehead atoms. The summed E-state index contributed by atoms with van der Waals surface area (Å²) in [6.45, 7) is 1.25. The summed E-state index contributed by atoms with van der Waals surface area (Å²) >= 11 is 0. The Hall–Kier alpha value is -2.98. The fourth-order valence-electron chi connectivity index (χ4n) is 4.54. The van der Waals surface area contributed by atoms with Crippen LogP contribution in [0, 0.1) is 5.92 Å². The number of rotatable bonds is 5. The molecule has 2 atom stereocenters. The van der Waals surface area contributed by atoms with Crippen molar-refractivity contribution in [2.75, 3.05) is 18.1 Å². The van der Waals surface area contributed by atoms with Crippen molar-refractivity contribution in [3.63, 3.8) is 0 Å². The summed E-state index contributed by atoms with van der Waals surface area (Å²) in [6.07, 6.45) is 7.21. The van der Waals surface area contributed by atoms with Crippen molar-refractivity contribution in [3.05, 3.63) is 72.7 Å². The van der Waals surface area contributed by atoms with Crippen LogP contribution in [0.4, 0.5) is 18.9 Å². The monoisotopic (exact) mass is 474 g/mol. The molecule has 3 aromatic rings. The summed E-state index contributed by atoms with van der Waals surface area (Å²) in [4.78, 5) is 9.97. The maximum atomic E-state index is 12.8. The zero-order chi connectivity index (χ0) is 23.3. The SMILES string of the molecule is O=S(=O)(c1ccc(N2CNC3(CC3Cc3ccncc3-c3ccccn3)C2)cc1)C(F)(F)F. The van der Waals surface area contributed by atoms with Gasteiger partial charge in [0.2, 0.25) is 0 Å². The van der Waals surface area contributed by atoms with Gasteiger partial charge in [-0.25, -0.2) is 8.42 Å². The van der Waals surface area contributed by atoms with Gasteiger partial charge in [0.15, 0.2) is 0 Å². The van der Waals surface area contributed by atoms with Crippen LogP contribution in [0.1, 0.15) is 12.0 Å². The van der Waals surface area contributed by atoms with Crippen LogP contribution in [-0.4, -0.2) is 42.6 Å². The van der Waals surface area contributed by atoms with Gasteiger partial charge in [0.1, 0.15) is 0 Å². The molecule has 1 spiro atoms. The first kappa shape index (κ1) is 21.8. The Kier molecular flexibility index (Phi) is 5.17. The molecular formula is C23H21F3N4O2S. The first-order chi connectivity index (χ1) is 15.7. The van der Waals surface area contributed by atoms with Crippen molar-refractivity contribution >= 4 is 15.5 Å². The molecule has 0 amide bonds. The molecule has 2 aromatic heterocycles. The Labute approximate surface area is 189 Å². The molecule has 172 valence electrons. The van der Waals surface area contributed by atoms with Crippen LogP contribution in [0.5, 0.6) is 0 Å². The van der Waals surface area contributed by atoms with E-state index in [2.05, 4.69) is 15.3 Å². The molecule has 3 heterocycles. The first-order valence-corrected chi connectivity index (χ1v) is 11.9. The fourth-order valence-corrected chi connectivity index (χ4v) is 5.30. The highest BCUT2D eigenvalue weighted by molar-refractivity contribution is 7.92.